The van der Waals surface area contributed by atoms with E-state index in [9.17, 15) is 0 Å². The monoisotopic (exact) mass is 449 g/mol. The molecule has 0 bridgehead atoms. The van der Waals surface area contributed by atoms with Gasteiger partial charge in [0.25, 0.3) is 0 Å². The molecule has 6 aromatic carbocycles. The number of hydrogen-bond acceptors (Lipinski definition) is 1. The van der Waals surface area contributed by atoms with Gasteiger partial charge in [0, 0.05) is 41.9 Å². The van der Waals surface area contributed by atoms with E-state index in [-0.39, 0.29) is 0 Å². The van der Waals surface area contributed by atoms with E-state index in [1.807, 2.05) is 11.3 Å². The number of fused-ring (bicyclic) bond motifs is 11. The maximum absolute atomic E-state index is 3.86. The van der Waals surface area contributed by atoms with E-state index in [2.05, 4.69) is 114 Å². The third-order valence-electron chi connectivity index (χ3n) is 7.21. The molecule has 0 saturated heterocycles. The highest BCUT2D eigenvalue weighted by Gasteiger charge is 2.16. The van der Waals surface area contributed by atoms with Crippen LogP contribution in [0.5, 0.6) is 0 Å². The normalized spacial score (nSPS) is 12.1. The number of H-pyrrole nitrogens is 1. The standard InChI is InChI=1S/C32H19NS/c1-3-11-25-21(8-1)22-9-2-4-12-26(22)32-30(25)27-14-7-13-20(31(27)33-32)19-16-17-24-23-10-5-6-15-28(23)34-29(24)18-19/h1-18,33H. The van der Waals surface area contributed by atoms with Gasteiger partial charge in [-0.25, -0.2) is 0 Å². The minimum Gasteiger partial charge on any atom is -0.353 e. The van der Waals surface area contributed by atoms with Crippen molar-refractivity contribution < 1.29 is 0 Å². The molecular formula is C32H19NS. The summed E-state index contributed by atoms with van der Waals surface area (Å²) in [5.74, 6) is 0. The van der Waals surface area contributed by atoms with Gasteiger partial charge in [0.1, 0.15) is 0 Å². The Hall–Kier alpha value is -4.14. The molecule has 0 atom stereocenters. The zero-order chi connectivity index (χ0) is 22.2. The molecular weight excluding hydrogens is 430 g/mol. The topological polar surface area (TPSA) is 15.8 Å². The van der Waals surface area contributed by atoms with Gasteiger partial charge in [-0.1, -0.05) is 97.1 Å². The molecule has 0 aliphatic heterocycles. The van der Waals surface area contributed by atoms with Crippen LogP contribution >= 0.6 is 11.3 Å². The fraction of sp³-hybridized carbons (Fsp3) is 0. The quantitative estimate of drug-likeness (QED) is 0.240. The van der Waals surface area contributed by atoms with Crippen molar-refractivity contribution in [2.75, 3.05) is 0 Å². The summed E-state index contributed by atoms with van der Waals surface area (Å²) in [6.07, 6.45) is 0. The van der Waals surface area contributed by atoms with Crippen molar-refractivity contribution in [1.29, 1.82) is 0 Å². The molecule has 0 radical (unpaired) electrons. The summed E-state index contributed by atoms with van der Waals surface area (Å²) in [5, 5.41) is 10.5. The largest absolute Gasteiger partial charge is 0.353 e. The summed E-state index contributed by atoms with van der Waals surface area (Å²) < 4.78 is 2.68. The molecule has 0 aliphatic carbocycles. The summed E-state index contributed by atoms with van der Waals surface area (Å²) in [7, 11) is 0. The van der Waals surface area contributed by atoms with Crippen molar-refractivity contribution >= 4 is 74.9 Å². The van der Waals surface area contributed by atoms with Gasteiger partial charge in [-0.05, 0) is 33.9 Å². The van der Waals surface area contributed by atoms with E-state index in [0.717, 1.165) is 0 Å². The molecule has 2 aromatic heterocycles. The summed E-state index contributed by atoms with van der Waals surface area (Å²) >= 11 is 1.87. The maximum atomic E-state index is 3.86. The van der Waals surface area contributed by atoms with Crippen LogP contribution < -0.4 is 0 Å². The lowest BCUT2D eigenvalue weighted by Gasteiger charge is -2.07. The Kier molecular flexibility index (Phi) is 3.60. The van der Waals surface area contributed by atoms with Crippen molar-refractivity contribution in [2.45, 2.75) is 0 Å². The highest BCUT2D eigenvalue weighted by Crippen LogP contribution is 2.42. The zero-order valence-corrected chi connectivity index (χ0v) is 19.1. The van der Waals surface area contributed by atoms with Gasteiger partial charge in [-0.2, -0.15) is 0 Å². The van der Waals surface area contributed by atoms with Gasteiger partial charge in [0.2, 0.25) is 0 Å². The SMILES string of the molecule is c1ccc2c(c1)sc1cc(-c3cccc4c3[nH]c3c5ccccc5c5ccccc5c43)ccc12. The Labute approximate surface area is 199 Å². The van der Waals surface area contributed by atoms with Gasteiger partial charge in [0.15, 0.2) is 0 Å². The lowest BCUT2D eigenvalue weighted by molar-refractivity contribution is 1.55. The van der Waals surface area contributed by atoms with E-state index in [4.69, 9.17) is 0 Å². The third-order valence-corrected chi connectivity index (χ3v) is 8.34. The van der Waals surface area contributed by atoms with Crippen LogP contribution in [0.2, 0.25) is 0 Å². The highest BCUT2D eigenvalue weighted by atomic mass is 32.1. The number of para-hydroxylation sites is 1. The van der Waals surface area contributed by atoms with Crippen molar-refractivity contribution in [3.8, 4) is 11.1 Å². The molecule has 1 N–H and O–H groups in total. The smallest absolute Gasteiger partial charge is 0.0551 e. The Balaban J connectivity index is 1.49. The average molecular weight is 450 g/mol. The summed E-state index contributed by atoms with van der Waals surface area (Å²) in [4.78, 5) is 3.86. The molecule has 34 heavy (non-hydrogen) atoms. The van der Waals surface area contributed by atoms with Crippen LogP contribution in [0.4, 0.5) is 0 Å². The molecule has 0 aliphatic rings. The Bertz CT molecular complexity index is 2070. The minimum atomic E-state index is 1.21. The van der Waals surface area contributed by atoms with Crippen LogP contribution in [0.3, 0.4) is 0 Å². The second-order valence-corrected chi connectivity index (χ2v) is 10.1. The van der Waals surface area contributed by atoms with Crippen molar-refractivity contribution in [2.24, 2.45) is 0 Å². The van der Waals surface area contributed by atoms with Gasteiger partial charge >= 0.3 is 0 Å². The first kappa shape index (κ1) is 18.3. The van der Waals surface area contributed by atoms with Crippen LogP contribution in [0.1, 0.15) is 0 Å². The number of rotatable bonds is 1. The summed E-state index contributed by atoms with van der Waals surface area (Å²) in [6.45, 7) is 0. The van der Waals surface area contributed by atoms with Gasteiger partial charge < -0.3 is 4.98 Å². The molecule has 2 heteroatoms. The Morgan fingerprint density at radius 3 is 1.94 bits per heavy atom. The Morgan fingerprint density at radius 2 is 1.09 bits per heavy atom. The fourth-order valence-electron chi connectivity index (χ4n) is 5.71. The van der Waals surface area contributed by atoms with E-state index >= 15 is 0 Å². The van der Waals surface area contributed by atoms with Crippen LogP contribution in [0.25, 0.3) is 74.6 Å². The van der Waals surface area contributed by atoms with Crippen molar-refractivity contribution in [3.05, 3.63) is 109 Å². The minimum absolute atomic E-state index is 1.21. The molecule has 0 amide bonds. The predicted octanol–water partition coefficient (Wildman–Crippen LogP) is 9.66. The van der Waals surface area contributed by atoms with Gasteiger partial charge in [0.05, 0.1) is 11.0 Å². The third kappa shape index (κ3) is 2.38. The van der Waals surface area contributed by atoms with Gasteiger partial charge in [-0.3, -0.25) is 0 Å². The molecule has 1 nitrogen and oxygen atoms in total. The van der Waals surface area contributed by atoms with Crippen LogP contribution in [-0.4, -0.2) is 4.98 Å². The first-order valence-electron chi connectivity index (χ1n) is 11.6. The molecule has 158 valence electrons. The molecule has 0 unspecified atom stereocenters. The summed E-state index contributed by atoms with van der Waals surface area (Å²) in [5.41, 5.74) is 4.94. The molecule has 8 rings (SSSR count). The lowest BCUT2D eigenvalue weighted by Crippen LogP contribution is -1.80. The lowest BCUT2D eigenvalue weighted by atomic mass is 9.96. The van der Waals surface area contributed by atoms with Crippen LogP contribution in [0, 0.1) is 0 Å². The molecule has 0 spiro atoms. The van der Waals surface area contributed by atoms with E-state index in [0.29, 0.717) is 0 Å². The summed E-state index contributed by atoms with van der Waals surface area (Å²) in [6, 6.07) is 39.9. The first-order chi connectivity index (χ1) is 16.9. The van der Waals surface area contributed by atoms with E-state index < -0.39 is 0 Å². The maximum Gasteiger partial charge on any atom is 0.0551 e. The second-order valence-electron chi connectivity index (χ2n) is 9.00. The first-order valence-corrected chi connectivity index (χ1v) is 12.4. The molecule has 8 aromatic rings. The number of nitrogens with one attached hydrogen (secondary N) is 1. The van der Waals surface area contributed by atoms with E-state index in [1.54, 1.807) is 0 Å². The molecule has 2 heterocycles. The highest BCUT2D eigenvalue weighted by molar-refractivity contribution is 7.25. The Morgan fingerprint density at radius 1 is 0.441 bits per heavy atom. The molecule has 0 fully saturated rings. The fourth-order valence-corrected chi connectivity index (χ4v) is 6.85. The van der Waals surface area contributed by atoms with Crippen molar-refractivity contribution in [1.82, 2.24) is 4.98 Å². The van der Waals surface area contributed by atoms with Crippen molar-refractivity contribution in [3.63, 3.8) is 0 Å². The number of aromatic nitrogens is 1. The number of aromatic amines is 1. The molecule has 0 saturated carbocycles. The average Bonchev–Trinajstić information content (AvgIpc) is 3.47. The van der Waals surface area contributed by atoms with E-state index in [1.165, 1.54) is 74.6 Å². The zero-order valence-electron chi connectivity index (χ0n) is 18.3. The second kappa shape index (κ2) is 6.69. The predicted molar refractivity (Wildman–Crippen MR) is 149 cm³/mol. The number of hydrogen-bond donors (Lipinski definition) is 1. The van der Waals surface area contributed by atoms with Crippen LogP contribution in [-0.2, 0) is 0 Å². The number of thiophene rings is 1. The van der Waals surface area contributed by atoms with Crippen LogP contribution in [0.15, 0.2) is 109 Å². The van der Waals surface area contributed by atoms with Gasteiger partial charge in [-0.15, -0.1) is 11.3 Å². The number of benzene rings is 6.